The predicted octanol–water partition coefficient (Wildman–Crippen LogP) is 5.53. The third kappa shape index (κ3) is 6.05. The standard InChI is InChI=1S/C16H21NO.C10H15NO/c1-11-8-9-12(2)17(11)13(3)15-6-5-7-16(10-15)14(4)18;1-7(11)9-4-3-5-10(6-9)8(2)12/h5-10,13-14,18H,1-4H3;3-8,12H,11H2,1-2H3/t13-,14?;7-,8?/m11/s1. The molecule has 0 aliphatic heterocycles. The molecule has 2 unspecified atom stereocenters. The van der Waals surface area contributed by atoms with Crippen LogP contribution in [0.2, 0.25) is 0 Å². The van der Waals surface area contributed by atoms with Gasteiger partial charge in [-0.15, -0.1) is 0 Å². The minimum atomic E-state index is -0.413. The first-order valence-electron chi connectivity index (χ1n) is 10.6. The van der Waals surface area contributed by atoms with Crippen molar-refractivity contribution in [1.29, 1.82) is 0 Å². The number of benzene rings is 2. The zero-order valence-corrected chi connectivity index (χ0v) is 19.0. The van der Waals surface area contributed by atoms with Gasteiger partial charge in [-0.2, -0.15) is 0 Å². The second kappa shape index (κ2) is 10.6. The first-order valence-corrected chi connectivity index (χ1v) is 10.6. The molecule has 0 spiro atoms. The molecule has 162 valence electrons. The molecule has 0 amide bonds. The van der Waals surface area contributed by atoms with Crippen LogP contribution >= 0.6 is 0 Å². The van der Waals surface area contributed by atoms with Gasteiger partial charge in [0.1, 0.15) is 0 Å². The third-order valence-electron chi connectivity index (χ3n) is 5.51. The Hall–Kier alpha value is -2.40. The quantitative estimate of drug-likeness (QED) is 0.520. The van der Waals surface area contributed by atoms with Crippen molar-refractivity contribution in [3.8, 4) is 0 Å². The van der Waals surface area contributed by atoms with Gasteiger partial charge in [0.15, 0.2) is 0 Å². The van der Waals surface area contributed by atoms with E-state index in [1.807, 2.05) is 43.3 Å². The molecule has 3 aromatic rings. The van der Waals surface area contributed by atoms with Crippen LogP contribution in [0.5, 0.6) is 0 Å². The highest BCUT2D eigenvalue weighted by atomic mass is 16.3. The fourth-order valence-corrected chi connectivity index (χ4v) is 3.62. The van der Waals surface area contributed by atoms with Crippen molar-refractivity contribution in [1.82, 2.24) is 4.57 Å². The van der Waals surface area contributed by atoms with Crippen LogP contribution in [0.25, 0.3) is 0 Å². The number of aliphatic hydroxyl groups is 2. The van der Waals surface area contributed by atoms with E-state index < -0.39 is 12.2 Å². The summed E-state index contributed by atoms with van der Waals surface area (Å²) in [5.41, 5.74) is 12.4. The van der Waals surface area contributed by atoms with E-state index in [0.29, 0.717) is 6.04 Å². The minimum Gasteiger partial charge on any atom is -0.389 e. The zero-order valence-electron chi connectivity index (χ0n) is 19.0. The van der Waals surface area contributed by atoms with Gasteiger partial charge in [0, 0.05) is 17.4 Å². The lowest BCUT2D eigenvalue weighted by molar-refractivity contribution is 0.199. The molecule has 0 aliphatic rings. The van der Waals surface area contributed by atoms with Crippen LogP contribution in [0.3, 0.4) is 0 Å². The molecule has 0 bridgehead atoms. The maximum Gasteiger partial charge on any atom is 0.0762 e. The predicted molar refractivity (Wildman–Crippen MR) is 124 cm³/mol. The summed E-state index contributed by atoms with van der Waals surface area (Å²) in [4.78, 5) is 0. The molecule has 0 radical (unpaired) electrons. The summed E-state index contributed by atoms with van der Waals surface area (Å²) in [6, 6.07) is 20.5. The minimum absolute atomic E-state index is 0.0312. The van der Waals surface area contributed by atoms with Gasteiger partial charge in [-0.25, -0.2) is 0 Å². The summed E-state index contributed by atoms with van der Waals surface area (Å²) in [5, 5.41) is 19.0. The van der Waals surface area contributed by atoms with Crippen LogP contribution < -0.4 is 5.73 Å². The summed E-state index contributed by atoms with van der Waals surface area (Å²) in [5.74, 6) is 0. The summed E-state index contributed by atoms with van der Waals surface area (Å²) in [7, 11) is 0. The molecule has 2 aromatic carbocycles. The van der Waals surface area contributed by atoms with Crippen molar-refractivity contribution < 1.29 is 10.2 Å². The summed E-state index contributed by atoms with van der Waals surface area (Å²) < 4.78 is 2.32. The molecule has 4 atom stereocenters. The number of hydrogen-bond donors (Lipinski definition) is 3. The molecule has 1 aromatic heterocycles. The van der Waals surface area contributed by atoms with Crippen molar-refractivity contribution >= 4 is 0 Å². The van der Waals surface area contributed by atoms with Crippen molar-refractivity contribution in [2.75, 3.05) is 0 Å². The lowest BCUT2D eigenvalue weighted by Gasteiger charge is -2.20. The highest BCUT2D eigenvalue weighted by molar-refractivity contribution is 5.30. The fourth-order valence-electron chi connectivity index (χ4n) is 3.62. The van der Waals surface area contributed by atoms with Gasteiger partial charge < -0.3 is 20.5 Å². The number of nitrogens with two attached hydrogens (primary N) is 1. The van der Waals surface area contributed by atoms with Crippen LogP contribution in [-0.2, 0) is 0 Å². The van der Waals surface area contributed by atoms with E-state index in [2.05, 4.69) is 49.6 Å². The Kier molecular flexibility index (Phi) is 8.42. The molecule has 0 saturated heterocycles. The molecule has 4 N–H and O–H groups in total. The Morgan fingerprint density at radius 1 is 0.667 bits per heavy atom. The second-order valence-corrected chi connectivity index (χ2v) is 8.14. The monoisotopic (exact) mass is 408 g/mol. The molecular formula is C26H36N2O2. The van der Waals surface area contributed by atoms with E-state index in [-0.39, 0.29) is 6.04 Å². The van der Waals surface area contributed by atoms with Gasteiger partial charge in [0.05, 0.1) is 18.2 Å². The normalized spacial score (nSPS) is 15.0. The molecule has 0 saturated carbocycles. The van der Waals surface area contributed by atoms with Crippen molar-refractivity contribution in [3.05, 3.63) is 94.3 Å². The van der Waals surface area contributed by atoms with E-state index in [9.17, 15) is 10.2 Å². The lowest BCUT2D eigenvalue weighted by atomic mass is 10.0. The largest absolute Gasteiger partial charge is 0.389 e. The maximum absolute atomic E-state index is 9.66. The molecule has 4 nitrogen and oxygen atoms in total. The first-order chi connectivity index (χ1) is 14.1. The molecule has 0 aliphatic carbocycles. The third-order valence-corrected chi connectivity index (χ3v) is 5.51. The topological polar surface area (TPSA) is 71.4 Å². The van der Waals surface area contributed by atoms with E-state index in [4.69, 9.17) is 5.73 Å². The van der Waals surface area contributed by atoms with Crippen LogP contribution in [0.15, 0.2) is 60.7 Å². The van der Waals surface area contributed by atoms with E-state index in [1.165, 1.54) is 17.0 Å². The van der Waals surface area contributed by atoms with Crippen molar-refractivity contribution in [3.63, 3.8) is 0 Å². The first kappa shape index (κ1) is 23.9. The van der Waals surface area contributed by atoms with Gasteiger partial charge in [0.25, 0.3) is 0 Å². The average molecular weight is 409 g/mol. The zero-order chi connectivity index (χ0) is 22.4. The summed E-state index contributed by atoms with van der Waals surface area (Å²) in [6.45, 7) is 11.9. The smallest absolute Gasteiger partial charge is 0.0762 e. The Morgan fingerprint density at radius 3 is 1.50 bits per heavy atom. The van der Waals surface area contributed by atoms with Gasteiger partial charge in [-0.05, 0) is 75.9 Å². The second-order valence-electron chi connectivity index (χ2n) is 8.14. The van der Waals surface area contributed by atoms with Gasteiger partial charge >= 0.3 is 0 Å². The van der Waals surface area contributed by atoms with Crippen LogP contribution in [0.1, 0.15) is 85.6 Å². The van der Waals surface area contributed by atoms with Crippen LogP contribution in [0.4, 0.5) is 0 Å². The van der Waals surface area contributed by atoms with Crippen molar-refractivity contribution in [2.45, 2.75) is 65.8 Å². The molecule has 4 heteroatoms. The Morgan fingerprint density at radius 2 is 1.07 bits per heavy atom. The fraction of sp³-hybridized carbons (Fsp3) is 0.385. The van der Waals surface area contributed by atoms with Gasteiger partial charge in [-0.3, -0.25) is 0 Å². The van der Waals surface area contributed by atoms with E-state index in [0.717, 1.165) is 16.7 Å². The van der Waals surface area contributed by atoms with E-state index >= 15 is 0 Å². The molecule has 3 rings (SSSR count). The molecule has 0 fully saturated rings. The SMILES string of the molecule is CC(O)c1cccc([C@@H](C)N)c1.Cc1ccc(C)n1[C@H](C)c1cccc(C(C)O)c1. The van der Waals surface area contributed by atoms with Gasteiger partial charge in [0.2, 0.25) is 0 Å². The number of hydrogen-bond acceptors (Lipinski definition) is 3. The Bertz CT molecular complexity index is 899. The number of aromatic nitrogens is 1. The number of aliphatic hydroxyl groups excluding tert-OH is 2. The average Bonchev–Trinajstić information content (AvgIpc) is 3.06. The molecule has 30 heavy (non-hydrogen) atoms. The van der Waals surface area contributed by atoms with Crippen LogP contribution in [0, 0.1) is 13.8 Å². The number of rotatable bonds is 5. The lowest BCUT2D eigenvalue weighted by Crippen LogP contribution is -2.10. The highest BCUT2D eigenvalue weighted by Crippen LogP contribution is 2.25. The Labute approximate surface area is 181 Å². The molecular weight excluding hydrogens is 372 g/mol. The molecule has 1 heterocycles. The summed E-state index contributed by atoms with van der Waals surface area (Å²) in [6.07, 6.45) is -0.826. The van der Waals surface area contributed by atoms with Crippen LogP contribution in [-0.4, -0.2) is 14.8 Å². The Balaban J connectivity index is 0.000000232. The van der Waals surface area contributed by atoms with Gasteiger partial charge in [-0.1, -0.05) is 48.5 Å². The summed E-state index contributed by atoms with van der Waals surface area (Å²) >= 11 is 0. The van der Waals surface area contributed by atoms with E-state index in [1.54, 1.807) is 13.8 Å². The maximum atomic E-state index is 9.66. The number of nitrogens with zero attached hydrogens (tertiary/aromatic N) is 1. The number of aryl methyl sites for hydroxylation is 2. The van der Waals surface area contributed by atoms with Crippen molar-refractivity contribution in [2.24, 2.45) is 5.73 Å². The highest BCUT2D eigenvalue weighted by Gasteiger charge is 2.13.